The maximum atomic E-state index is 11.6. The number of anilines is 1. The number of amides is 2. The molecule has 2 amide bonds. The zero-order valence-corrected chi connectivity index (χ0v) is 13.5. The summed E-state index contributed by atoms with van der Waals surface area (Å²) in [6.07, 6.45) is 1.96. The molecule has 4 N–H and O–H groups in total. The van der Waals surface area contributed by atoms with Crippen molar-refractivity contribution in [3.8, 4) is 0 Å². The normalized spacial score (nSPS) is 11.0. The Balaban J connectivity index is 1.80. The standard InChI is InChI=1S/C13H14N4O4S2/c14-23(20,21)10-3-1-9(2-4-10)5-6-15-11(18)12(19)17-13-16-7-8-22-13/h1-4,7-8H,5-6H2,(H,15,18)(H2,14,20,21)(H,16,17,19). The molecule has 0 aliphatic carbocycles. The van der Waals surface area contributed by atoms with Gasteiger partial charge in [0.15, 0.2) is 5.13 Å². The van der Waals surface area contributed by atoms with E-state index >= 15 is 0 Å². The molecule has 0 atom stereocenters. The Hall–Kier alpha value is -2.30. The fraction of sp³-hybridized carbons (Fsp3) is 0.154. The summed E-state index contributed by atoms with van der Waals surface area (Å²) in [5, 5.41) is 11.9. The first-order chi connectivity index (χ1) is 10.9. The van der Waals surface area contributed by atoms with Crippen LogP contribution >= 0.6 is 11.3 Å². The molecule has 0 aliphatic rings. The molecule has 1 aromatic heterocycles. The van der Waals surface area contributed by atoms with Crippen molar-refractivity contribution in [1.29, 1.82) is 0 Å². The van der Waals surface area contributed by atoms with E-state index in [0.29, 0.717) is 11.6 Å². The Morgan fingerprint density at radius 1 is 1.17 bits per heavy atom. The predicted molar refractivity (Wildman–Crippen MR) is 85.3 cm³/mol. The van der Waals surface area contributed by atoms with Crippen molar-refractivity contribution < 1.29 is 18.0 Å². The second-order valence-corrected chi connectivity index (χ2v) is 6.94. The highest BCUT2D eigenvalue weighted by Gasteiger charge is 2.14. The molecule has 8 nitrogen and oxygen atoms in total. The highest BCUT2D eigenvalue weighted by atomic mass is 32.2. The third kappa shape index (κ3) is 5.13. The van der Waals surface area contributed by atoms with Crippen LogP contribution in [0.1, 0.15) is 5.56 Å². The van der Waals surface area contributed by atoms with Gasteiger partial charge in [-0.1, -0.05) is 12.1 Å². The minimum atomic E-state index is -3.72. The zero-order valence-electron chi connectivity index (χ0n) is 11.9. The van der Waals surface area contributed by atoms with Gasteiger partial charge in [-0.3, -0.25) is 14.9 Å². The summed E-state index contributed by atoms with van der Waals surface area (Å²) in [6, 6.07) is 5.98. The number of nitrogens with two attached hydrogens (primary N) is 1. The summed E-state index contributed by atoms with van der Waals surface area (Å²) >= 11 is 1.21. The van der Waals surface area contributed by atoms with Gasteiger partial charge in [0.1, 0.15) is 0 Å². The van der Waals surface area contributed by atoms with Crippen molar-refractivity contribution in [2.24, 2.45) is 5.14 Å². The number of primary sulfonamides is 1. The summed E-state index contributed by atoms with van der Waals surface area (Å²) in [4.78, 5) is 27.0. The number of hydrogen-bond acceptors (Lipinski definition) is 6. The maximum absolute atomic E-state index is 11.6. The van der Waals surface area contributed by atoms with Crippen LogP contribution < -0.4 is 15.8 Å². The van der Waals surface area contributed by atoms with E-state index in [-0.39, 0.29) is 11.4 Å². The average molecular weight is 354 g/mol. The largest absolute Gasteiger partial charge is 0.347 e. The third-order valence-corrected chi connectivity index (χ3v) is 4.43. The van der Waals surface area contributed by atoms with Crippen LogP contribution in [0.25, 0.3) is 0 Å². The summed E-state index contributed by atoms with van der Waals surface area (Å²) in [5.74, 6) is -1.55. The van der Waals surface area contributed by atoms with Gasteiger partial charge in [-0.05, 0) is 24.1 Å². The number of carbonyl (C=O) groups excluding carboxylic acids is 2. The number of nitrogens with one attached hydrogen (secondary N) is 2. The van der Waals surface area contributed by atoms with E-state index in [0.717, 1.165) is 5.56 Å². The Bertz CT molecular complexity index is 786. The summed E-state index contributed by atoms with van der Waals surface area (Å²) in [5.41, 5.74) is 0.804. The number of nitrogens with zero attached hydrogens (tertiary/aromatic N) is 1. The first kappa shape index (κ1) is 17.1. The molecule has 0 saturated carbocycles. The number of benzene rings is 1. The Labute approximate surface area is 136 Å². The lowest BCUT2D eigenvalue weighted by Crippen LogP contribution is -2.36. The van der Waals surface area contributed by atoms with E-state index < -0.39 is 21.8 Å². The molecule has 0 radical (unpaired) electrons. The van der Waals surface area contributed by atoms with E-state index in [1.165, 1.54) is 29.7 Å². The molecule has 0 aliphatic heterocycles. The minimum absolute atomic E-state index is 0.0214. The fourth-order valence-corrected chi connectivity index (χ4v) is 2.72. The van der Waals surface area contributed by atoms with Gasteiger partial charge in [-0.2, -0.15) is 0 Å². The van der Waals surface area contributed by atoms with E-state index in [1.807, 2.05) is 0 Å². The van der Waals surface area contributed by atoms with Crippen molar-refractivity contribution in [2.75, 3.05) is 11.9 Å². The molecule has 1 heterocycles. The second-order valence-electron chi connectivity index (χ2n) is 4.49. The fourth-order valence-electron chi connectivity index (χ4n) is 1.69. The lowest BCUT2D eigenvalue weighted by atomic mass is 10.1. The second kappa shape index (κ2) is 7.31. The van der Waals surface area contributed by atoms with Crippen LogP contribution in [-0.4, -0.2) is 31.8 Å². The van der Waals surface area contributed by atoms with Crippen LogP contribution in [-0.2, 0) is 26.0 Å². The molecule has 122 valence electrons. The molecule has 23 heavy (non-hydrogen) atoms. The highest BCUT2D eigenvalue weighted by molar-refractivity contribution is 7.89. The number of sulfonamides is 1. The van der Waals surface area contributed by atoms with Crippen LogP contribution in [0.5, 0.6) is 0 Å². The van der Waals surface area contributed by atoms with Crippen LogP contribution in [0, 0.1) is 0 Å². The molecule has 0 bridgehead atoms. The topological polar surface area (TPSA) is 131 Å². The first-order valence-electron chi connectivity index (χ1n) is 6.46. The Morgan fingerprint density at radius 2 is 1.87 bits per heavy atom. The molecule has 2 aromatic rings. The van der Waals surface area contributed by atoms with Gasteiger partial charge >= 0.3 is 11.8 Å². The quantitative estimate of drug-likeness (QED) is 0.655. The Kier molecular flexibility index (Phi) is 5.42. The lowest BCUT2D eigenvalue weighted by molar-refractivity contribution is -0.136. The molecular formula is C13H14N4O4S2. The van der Waals surface area contributed by atoms with Gasteiger partial charge in [-0.15, -0.1) is 11.3 Å². The molecule has 0 spiro atoms. The van der Waals surface area contributed by atoms with Crippen LogP contribution in [0.15, 0.2) is 40.7 Å². The van der Waals surface area contributed by atoms with Crippen molar-refractivity contribution in [3.05, 3.63) is 41.4 Å². The van der Waals surface area contributed by atoms with Gasteiger partial charge in [-0.25, -0.2) is 18.5 Å². The number of hydrogen-bond donors (Lipinski definition) is 3. The van der Waals surface area contributed by atoms with Gasteiger partial charge in [0.25, 0.3) is 0 Å². The number of carbonyl (C=O) groups is 2. The van der Waals surface area contributed by atoms with Crippen molar-refractivity contribution in [2.45, 2.75) is 11.3 Å². The van der Waals surface area contributed by atoms with Crippen molar-refractivity contribution in [1.82, 2.24) is 10.3 Å². The van der Waals surface area contributed by atoms with Gasteiger partial charge in [0.05, 0.1) is 4.90 Å². The van der Waals surface area contributed by atoms with Crippen LogP contribution in [0.4, 0.5) is 5.13 Å². The van der Waals surface area contributed by atoms with Crippen LogP contribution in [0.2, 0.25) is 0 Å². The van der Waals surface area contributed by atoms with E-state index in [4.69, 9.17) is 5.14 Å². The minimum Gasteiger partial charge on any atom is -0.347 e. The summed E-state index contributed by atoms with van der Waals surface area (Å²) in [7, 11) is -3.72. The average Bonchev–Trinajstić information content (AvgIpc) is 2.99. The SMILES string of the molecule is NS(=O)(=O)c1ccc(CCNC(=O)C(=O)Nc2nccs2)cc1. The van der Waals surface area contributed by atoms with E-state index in [1.54, 1.807) is 17.5 Å². The molecular weight excluding hydrogens is 340 g/mol. The highest BCUT2D eigenvalue weighted by Crippen LogP contribution is 2.10. The molecule has 0 saturated heterocycles. The van der Waals surface area contributed by atoms with Gasteiger partial charge < -0.3 is 5.32 Å². The number of rotatable bonds is 5. The summed E-state index contributed by atoms with van der Waals surface area (Å²) in [6.45, 7) is 0.235. The molecule has 10 heteroatoms. The van der Waals surface area contributed by atoms with E-state index in [2.05, 4.69) is 15.6 Å². The van der Waals surface area contributed by atoms with Gasteiger partial charge in [0.2, 0.25) is 10.0 Å². The smallest absolute Gasteiger partial charge is 0.315 e. The molecule has 2 rings (SSSR count). The van der Waals surface area contributed by atoms with Gasteiger partial charge in [0, 0.05) is 18.1 Å². The van der Waals surface area contributed by atoms with E-state index in [9.17, 15) is 18.0 Å². The zero-order chi connectivity index (χ0) is 16.9. The molecule has 0 unspecified atom stereocenters. The predicted octanol–water partition coefficient (Wildman–Crippen LogP) is 0.0879. The number of thiazole rings is 1. The summed E-state index contributed by atoms with van der Waals surface area (Å²) < 4.78 is 22.3. The monoisotopic (exact) mass is 354 g/mol. The molecule has 0 fully saturated rings. The molecule has 1 aromatic carbocycles. The Morgan fingerprint density at radius 3 is 2.43 bits per heavy atom. The maximum Gasteiger partial charge on any atom is 0.315 e. The number of aromatic nitrogens is 1. The van der Waals surface area contributed by atoms with Crippen molar-refractivity contribution >= 4 is 38.3 Å². The third-order valence-electron chi connectivity index (χ3n) is 2.81. The van der Waals surface area contributed by atoms with Crippen molar-refractivity contribution in [3.63, 3.8) is 0 Å². The first-order valence-corrected chi connectivity index (χ1v) is 8.89. The van der Waals surface area contributed by atoms with Crippen LogP contribution in [0.3, 0.4) is 0 Å². The lowest BCUT2D eigenvalue weighted by Gasteiger charge is -2.05.